The Balaban J connectivity index is 1.76. The fourth-order valence-corrected chi connectivity index (χ4v) is 3.17. The molecule has 0 bridgehead atoms. The molecule has 0 amide bonds. The van der Waals surface area contributed by atoms with Gasteiger partial charge in [0.25, 0.3) is 0 Å². The minimum atomic E-state index is -4.51. The van der Waals surface area contributed by atoms with Gasteiger partial charge in [0.2, 0.25) is 5.89 Å². The summed E-state index contributed by atoms with van der Waals surface area (Å²) < 4.78 is 45.3. The lowest BCUT2D eigenvalue weighted by atomic mass is 10.1. The number of nitrogens with zero attached hydrogens (tertiary/aromatic N) is 5. The van der Waals surface area contributed by atoms with E-state index in [-0.39, 0.29) is 21.6 Å². The molecular weight excluding hydrogens is 391 g/mol. The molecule has 0 radical (unpaired) electrons. The minimum absolute atomic E-state index is 0.118. The molecule has 26 heavy (non-hydrogen) atoms. The summed E-state index contributed by atoms with van der Waals surface area (Å²) in [6.07, 6.45) is -1.93. The van der Waals surface area contributed by atoms with Crippen LogP contribution in [0, 0.1) is 5.92 Å². The Hall–Kier alpha value is -1.81. The van der Waals surface area contributed by atoms with Crippen molar-refractivity contribution in [2.75, 3.05) is 0 Å². The third-order valence-electron chi connectivity index (χ3n) is 3.54. The number of hydrogen-bond donors (Lipinski definition) is 0. The molecule has 0 saturated carbocycles. The Morgan fingerprint density at radius 2 is 2.08 bits per heavy atom. The van der Waals surface area contributed by atoms with Crippen LogP contribution in [0.4, 0.5) is 13.2 Å². The topological polar surface area (TPSA) is 69.1 Å². The molecule has 3 rings (SSSR count). The smallest absolute Gasteiger partial charge is 0.338 e. The first-order valence-electron chi connectivity index (χ1n) is 7.79. The highest BCUT2D eigenvalue weighted by molar-refractivity contribution is 7.98. The first kappa shape index (κ1) is 19.0. The lowest BCUT2D eigenvalue weighted by molar-refractivity contribution is -0.137. The quantitative estimate of drug-likeness (QED) is 0.555. The van der Waals surface area contributed by atoms with E-state index in [1.807, 2.05) is 0 Å². The molecule has 6 nitrogen and oxygen atoms in total. The van der Waals surface area contributed by atoms with Crippen molar-refractivity contribution >= 4 is 29.0 Å². The molecule has 0 atom stereocenters. The summed E-state index contributed by atoms with van der Waals surface area (Å²) in [4.78, 5) is 4.27. The number of aryl methyl sites for hydroxylation is 1. The Bertz CT molecular complexity index is 908. The van der Waals surface area contributed by atoms with E-state index in [1.54, 1.807) is 0 Å². The zero-order valence-corrected chi connectivity index (χ0v) is 15.5. The van der Waals surface area contributed by atoms with E-state index in [0.29, 0.717) is 24.1 Å². The van der Waals surface area contributed by atoms with Crippen molar-refractivity contribution in [3.05, 3.63) is 34.6 Å². The van der Waals surface area contributed by atoms with Gasteiger partial charge < -0.3 is 4.52 Å². The van der Waals surface area contributed by atoms with Crippen LogP contribution in [0.3, 0.4) is 0 Å². The van der Waals surface area contributed by atoms with E-state index < -0.39 is 11.7 Å². The van der Waals surface area contributed by atoms with E-state index in [2.05, 4.69) is 34.2 Å². The highest BCUT2D eigenvalue weighted by Crippen LogP contribution is 2.33. The molecule has 3 aromatic heterocycles. The minimum Gasteiger partial charge on any atom is -0.338 e. The number of hydrogen-bond acceptors (Lipinski definition) is 6. The number of alkyl halides is 3. The third-order valence-corrected chi connectivity index (χ3v) is 4.74. The van der Waals surface area contributed by atoms with E-state index in [1.165, 1.54) is 4.40 Å². The van der Waals surface area contributed by atoms with Gasteiger partial charge in [-0.2, -0.15) is 18.2 Å². The molecule has 0 N–H and O–H groups in total. The van der Waals surface area contributed by atoms with Gasteiger partial charge in [0.05, 0.1) is 16.3 Å². The summed E-state index contributed by atoms with van der Waals surface area (Å²) in [6, 6.07) is 0.832. The lowest BCUT2D eigenvalue weighted by Gasteiger charge is -2.08. The molecule has 0 spiro atoms. The first-order valence-corrected chi connectivity index (χ1v) is 9.16. The van der Waals surface area contributed by atoms with E-state index in [4.69, 9.17) is 16.1 Å². The summed E-state index contributed by atoms with van der Waals surface area (Å²) in [5.74, 6) is 1.79. The number of aromatic nitrogens is 5. The van der Waals surface area contributed by atoms with Gasteiger partial charge in [0, 0.05) is 12.6 Å². The van der Waals surface area contributed by atoms with E-state index >= 15 is 0 Å². The van der Waals surface area contributed by atoms with Crippen LogP contribution in [0.1, 0.15) is 37.5 Å². The Morgan fingerprint density at radius 3 is 2.77 bits per heavy atom. The van der Waals surface area contributed by atoms with Crippen LogP contribution in [-0.2, 0) is 18.3 Å². The molecule has 0 fully saturated rings. The van der Waals surface area contributed by atoms with E-state index in [9.17, 15) is 13.2 Å². The number of pyridine rings is 1. The van der Waals surface area contributed by atoms with Crippen LogP contribution < -0.4 is 0 Å². The summed E-state index contributed by atoms with van der Waals surface area (Å²) in [7, 11) is 0. The summed E-state index contributed by atoms with van der Waals surface area (Å²) >= 11 is 7.03. The number of fused-ring (bicyclic) bond motifs is 1. The van der Waals surface area contributed by atoms with Crippen LogP contribution in [0.15, 0.2) is 21.9 Å². The van der Waals surface area contributed by atoms with Gasteiger partial charge in [-0.15, -0.1) is 10.2 Å². The summed E-state index contributed by atoms with van der Waals surface area (Å²) in [5, 5.41) is 11.8. The SMILES string of the molecule is CC(C)CCc1noc(CSc2nnc3c(Cl)cc(C(F)(F)F)cn23)n1. The standard InChI is InChI=1S/C15H15ClF3N5OS/c1-8(2)3-4-11-20-12(25-23-11)7-26-14-22-21-13-10(16)5-9(6-24(13)14)15(17,18)19/h5-6,8H,3-4,7H2,1-2H3. The third kappa shape index (κ3) is 4.29. The van der Waals surface area contributed by atoms with Gasteiger partial charge in [-0.3, -0.25) is 4.40 Å². The fraction of sp³-hybridized carbons (Fsp3) is 0.467. The molecule has 3 heterocycles. The van der Waals surface area contributed by atoms with Crippen molar-refractivity contribution in [3.63, 3.8) is 0 Å². The maximum atomic E-state index is 13.0. The summed E-state index contributed by atoms with van der Waals surface area (Å²) in [5.41, 5.74) is -0.712. The van der Waals surface area contributed by atoms with Crippen LogP contribution >= 0.6 is 23.4 Å². The summed E-state index contributed by atoms with van der Waals surface area (Å²) in [6.45, 7) is 4.21. The van der Waals surface area contributed by atoms with Crippen molar-refractivity contribution < 1.29 is 17.7 Å². The molecule has 3 aromatic rings. The zero-order chi connectivity index (χ0) is 18.9. The molecule has 140 valence electrons. The van der Waals surface area contributed by atoms with Gasteiger partial charge in [0.1, 0.15) is 0 Å². The molecule has 0 saturated heterocycles. The number of rotatable bonds is 6. The molecule has 0 aliphatic rings. The van der Waals surface area contributed by atoms with E-state index in [0.717, 1.165) is 30.4 Å². The molecule has 0 aliphatic heterocycles. The maximum Gasteiger partial charge on any atom is 0.417 e. The van der Waals surface area contributed by atoms with Gasteiger partial charge in [-0.25, -0.2) is 0 Å². The zero-order valence-electron chi connectivity index (χ0n) is 13.9. The van der Waals surface area contributed by atoms with Crippen molar-refractivity contribution in [1.29, 1.82) is 0 Å². The maximum absolute atomic E-state index is 13.0. The van der Waals surface area contributed by atoms with Crippen LogP contribution in [0.5, 0.6) is 0 Å². The molecule has 0 unspecified atom stereocenters. The van der Waals surface area contributed by atoms with Crippen molar-refractivity contribution in [2.45, 2.75) is 43.8 Å². The van der Waals surface area contributed by atoms with Crippen LogP contribution in [0.25, 0.3) is 5.65 Å². The highest BCUT2D eigenvalue weighted by atomic mass is 35.5. The average molecular weight is 406 g/mol. The first-order chi connectivity index (χ1) is 12.2. The predicted molar refractivity (Wildman–Crippen MR) is 90.0 cm³/mol. The fourth-order valence-electron chi connectivity index (χ4n) is 2.18. The second-order valence-electron chi connectivity index (χ2n) is 6.08. The van der Waals surface area contributed by atoms with Crippen molar-refractivity contribution in [2.24, 2.45) is 5.92 Å². The molecule has 0 aromatic carbocycles. The average Bonchev–Trinajstić information content (AvgIpc) is 3.16. The molecule has 11 heteroatoms. The Labute approximate surface area is 156 Å². The largest absolute Gasteiger partial charge is 0.417 e. The van der Waals surface area contributed by atoms with Gasteiger partial charge in [0.15, 0.2) is 16.6 Å². The van der Waals surface area contributed by atoms with Crippen LogP contribution in [-0.4, -0.2) is 24.7 Å². The van der Waals surface area contributed by atoms with Gasteiger partial charge in [-0.05, 0) is 18.4 Å². The number of halogens is 4. The molecule has 0 aliphatic carbocycles. The second kappa shape index (κ2) is 7.43. The predicted octanol–water partition coefficient (Wildman–Crippen LogP) is 4.67. The Kier molecular flexibility index (Phi) is 5.42. The van der Waals surface area contributed by atoms with Crippen molar-refractivity contribution in [1.82, 2.24) is 24.7 Å². The van der Waals surface area contributed by atoms with Crippen molar-refractivity contribution in [3.8, 4) is 0 Å². The Morgan fingerprint density at radius 1 is 1.31 bits per heavy atom. The lowest BCUT2D eigenvalue weighted by Crippen LogP contribution is -2.07. The monoisotopic (exact) mass is 405 g/mol. The normalized spacial score (nSPS) is 12.4. The van der Waals surface area contributed by atoms with Gasteiger partial charge >= 0.3 is 6.18 Å². The molecular formula is C15H15ClF3N5OS. The highest BCUT2D eigenvalue weighted by Gasteiger charge is 2.32. The van der Waals surface area contributed by atoms with Crippen LogP contribution in [0.2, 0.25) is 5.02 Å². The number of thioether (sulfide) groups is 1. The van der Waals surface area contributed by atoms with Gasteiger partial charge in [-0.1, -0.05) is 42.4 Å². The second-order valence-corrected chi connectivity index (χ2v) is 7.43.